The zero-order valence-electron chi connectivity index (χ0n) is 9.08. The van der Waals surface area contributed by atoms with Gasteiger partial charge in [0.2, 0.25) is 0 Å². The van der Waals surface area contributed by atoms with Crippen LogP contribution in [0.4, 0.5) is 0 Å². The van der Waals surface area contributed by atoms with Crippen molar-refractivity contribution >= 4 is 5.96 Å². The monoisotopic (exact) mass is 195 g/mol. The molecule has 2 aliphatic carbocycles. The smallest absolute Gasteiger partial charge is 0.191 e. The molecule has 0 amide bonds. The van der Waals surface area contributed by atoms with Gasteiger partial charge < -0.3 is 10.6 Å². The van der Waals surface area contributed by atoms with Crippen LogP contribution in [0.5, 0.6) is 0 Å². The van der Waals surface area contributed by atoms with E-state index in [1.54, 1.807) is 0 Å². The molecule has 0 heterocycles. The van der Waals surface area contributed by atoms with Crippen LogP contribution >= 0.6 is 0 Å². The molecule has 0 spiro atoms. The van der Waals surface area contributed by atoms with Gasteiger partial charge in [0.05, 0.1) is 6.04 Å². The SMILES string of the molecule is CN(CC1CCCC1)C(N)=NC1CC1. The highest BCUT2D eigenvalue weighted by Crippen LogP contribution is 2.26. The Hall–Kier alpha value is -0.730. The lowest BCUT2D eigenvalue weighted by Gasteiger charge is -2.21. The topological polar surface area (TPSA) is 41.6 Å². The third-order valence-electron chi connectivity index (χ3n) is 3.26. The van der Waals surface area contributed by atoms with Crippen molar-refractivity contribution in [3.8, 4) is 0 Å². The van der Waals surface area contributed by atoms with Gasteiger partial charge in [-0.05, 0) is 31.6 Å². The minimum Gasteiger partial charge on any atom is -0.370 e. The summed E-state index contributed by atoms with van der Waals surface area (Å²) in [5.74, 6) is 1.60. The molecule has 0 radical (unpaired) electrons. The van der Waals surface area contributed by atoms with Crippen LogP contribution in [0.25, 0.3) is 0 Å². The van der Waals surface area contributed by atoms with Gasteiger partial charge in [-0.2, -0.15) is 0 Å². The number of hydrogen-bond acceptors (Lipinski definition) is 1. The van der Waals surface area contributed by atoms with Gasteiger partial charge in [0.25, 0.3) is 0 Å². The van der Waals surface area contributed by atoms with Gasteiger partial charge in [-0.15, -0.1) is 0 Å². The lowest BCUT2D eigenvalue weighted by Crippen LogP contribution is -2.37. The molecule has 2 rings (SSSR count). The normalized spacial score (nSPS) is 24.2. The molecule has 14 heavy (non-hydrogen) atoms. The third kappa shape index (κ3) is 2.63. The van der Waals surface area contributed by atoms with Crippen molar-refractivity contribution in [2.24, 2.45) is 16.6 Å². The minimum atomic E-state index is 0.543. The van der Waals surface area contributed by atoms with Crippen molar-refractivity contribution in [1.29, 1.82) is 0 Å². The summed E-state index contributed by atoms with van der Waals surface area (Å²) in [5, 5.41) is 0. The van der Waals surface area contributed by atoms with E-state index in [4.69, 9.17) is 5.73 Å². The molecule has 3 nitrogen and oxygen atoms in total. The van der Waals surface area contributed by atoms with Gasteiger partial charge in [0.1, 0.15) is 0 Å². The molecule has 0 unspecified atom stereocenters. The second-order valence-electron chi connectivity index (χ2n) is 4.75. The summed E-state index contributed by atoms with van der Waals surface area (Å²) in [6, 6.07) is 0.543. The molecule has 2 saturated carbocycles. The molecule has 2 N–H and O–H groups in total. The maximum atomic E-state index is 5.91. The molecule has 0 aliphatic heterocycles. The standard InChI is InChI=1S/C11H21N3/c1-14(8-9-4-2-3-5-9)11(12)13-10-6-7-10/h9-10H,2-8H2,1H3,(H2,12,13). The van der Waals surface area contributed by atoms with E-state index in [2.05, 4.69) is 16.9 Å². The summed E-state index contributed by atoms with van der Waals surface area (Å²) in [7, 11) is 2.07. The van der Waals surface area contributed by atoms with Gasteiger partial charge in [0.15, 0.2) is 5.96 Å². The van der Waals surface area contributed by atoms with Gasteiger partial charge in [-0.25, -0.2) is 4.99 Å². The average molecular weight is 195 g/mol. The summed E-state index contributed by atoms with van der Waals surface area (Å²) in [6.07, 6.45) is 8.02. The number of rotatable bonds is 3. The Morgan fingerprint density at radius 1 is 1.29 bits per heavy atom. The molecule has 3 heteroatoms. The number of nitrogens with two attached hydrogens (primary N) is 1. The number of aliphatic imine (C=N–C) groups is 1. The highest BCUT2D eigenvalue weighted by molar-refractivity contribution is 5.78. The second-order valence-corrected chi connectivity index (χ2v) is 4.75. The number of hydrogen-bond donors (Lipinski definition) is 1. The fourth-order valence-electron chi connectivity index (χ4n) is 2.16. The van der Waals surface area contributed by atoms with E-state index in [1.165, 1.54) is 38.5 Å². The molecular formula is C11H21N3. The first-order chi connectivity index (χ1) is 6.75. The molecule has 0 aromatic heterocycles. The molecule has 2 aliphatic rings. The van der Waals surface area contributed by atoms with Crippen molar-refractivity contribution in [2.45, 2.75) is 44.6 Å². The van der Waals surface area contributed by atoms with E-state index in [-0.39, 0.29) is 0 Å². The lowest BCUT2D eigenvalue weighted by molar-refractivity contribution is 0.384. The van der Waals surface area contributed by atoms with Crippen LogP contribution in [0.2, 0.25) is 0 Å². The van der Waals surface area contributed by atoms with Crippen LogP contribution in [0.15, 0.2) is 4.99 Å². The predicted octanol–water partition coefficient (Wildman–Crippen LogP) is 1.59. The highest BCUT2D eigenvalue weighted by Gasteiger charge is 2.22. The molecule has 0 saturated heterocycles. The van der Waals surface area contributed by atoms with E-state index in [9.17, 15) is 0 Å². The molecule has 0 bridgehead atoms. The van der Waals surface area contributed by atoms with Crippen LogP contribution in [0.1, 0.15) is 38.5 Å². The summed E-state index contributed by atoms with van der Waals surface area (Å²) < 4.78 is 0. The largest absolute Gasteiger partial charge is 0.370 e. The Bertz CT molecular complexity index is 215. The van der Waals surface area contributed by atoms with E-state index in [0.29, 0.717) is 6.04 Å². The predicted molar refractivity (Wildman–Crippen MR) is 59.2 cm³/mol. The first-order valence-electron chi connectivity index (χ1n) is 5.80. The van der Waals surface area contributed by atoms with E-state index in [1.807, 2.05) is 0 Å². The fraction of sp³-hybridized carbons (Fsp3) is 0.909. The zero-order chi connectivity index (χ0) is 9.97. The minimum absolute atomic E-state index is 0.543. The quantitative estimate of drug-likeness (QED) is 0.549. The Balaban J connectivity index is 1.77. The summed E-state index contributed by atoms with van der Waals surface area (Å²) in [4.78, 5) is 6.58. The van der Waals surface area contributed by atoms with E-state index >= 15 is 0 Å². The summed E-state index contributed by atoms with van der Waals surface area (Å²) in [5.41, 5.74) is 5.91. The van der Waals surface area contributed by atoms with Gasteiger partial charge in [-0.3, -0.25) is 0 Å². The first kappa shape index (κ1) is 9.81. The van der Waals surface area contributed by atoms with Crippen molar-refractivity contribution in [3.05, 3.63) is 0 Å². The van der Waals surface area contributed by atoms with Crippen LogP contribution in [0.3, 0.4) is 0 Å². The number of nitrogens with zero attached hydrogens (tertiary/aromatic N) is 2. The Morgan fingerprint density at radius 3 is 2.50 bits per heavy atom. The van der Waals surface area contributed by atoms with Gasteiger partial charge in [0, 0.05) is 13.6 Å². The first-order valence-corrected chi connectivity index (χ1v) is 5.80. The molecular weight excluding hydrogens is 174 g/mol. The maximum absolute atomic E-state index is 5.91. The summed E-state index contributed by atoms with van der Waals surface area (Å²) >= 11 is 0. The van der Waals surface area contributed by atoms with Crippen LogP contribution in [-0.2, 0) is 0 Å². The van der Waals surface area contributed by atoms with Crippen molar-refractivity contribution < 1.29 is 0 Å². The number of guanidine groups is 1. The molecule has 2 fully saturated rings. The molecule has 0 aromatic rings. The molecule has 0 atom stereocenters. The van der Waals surface area contributed by atoms with E-state index < -0.39 is 0 Å². The second kappa shape index (κ2) is 4.20. The van der Waals surface area contributed by atoms with Crippen molar-refractivity contribution in [3.63, 3.8) is 0 Å². The average Bonchev–Trinajstić information content (AvgIpc) is 2.81. The Labute approximate surface area is 86.4 Å². The van der Waals surface area contributed by atoms with Crippen molar-refractivity contribution in [2.75, 3.05) is 13.6 Å². The highest BCUT2D eigenvalue weighted by atomic mass is 15.2. The Kier molecular flexibility index (Phi) is 2.94. The molecule has 0 aromatic carbocycles. The summed E-state index contributed by atoms with van der Waals surface area (Å²) in [6.45, 7) is 1.10. The van der Waals surface area contributed by atoms with Crippen LogP contribution in [0, 0.1) is 5.92 Å². The van der Waals surface area contributed by atoms with Gasteiger partial charge in [-0.1, -0.05) is 12.8 Å². The zero-order valence-corrected chi connectivity index (χ0v) is 9.08. The fourth-order valence-corrected chi connectivity index (χ4v) is 2.16. The lowest BCUT2D eigenvalue weighted by atomic mass is 10.1. The molecule has 80 valence electrons. The van der Waals surface area contributed by atoms with Gasteiger partial charge >= 0.3 is 0 Å². The Morgan fingerprint density at radius 2 is 1.93 bits per heavy atom. The van der Waals surface area contributed by atoms with Crippen LogP contribution < -0.4 is 5.73 Å². The van der Waals surface area contributed by atoms with Crippen molar-refractivity contribution in [1.82, 2.24) is 4.90 Å². The maximum Gasteiger partial charge on any atom is 0.191 e. The third-order valence-corrected chi connectivity index (χ3v) is 3.26. The van der Waals surface area contributed by atoms with Crippen LogP contribution in [-0.4, -0.2) is 30.5 Å². The van der Waals surface area contributed by atoms with E-state index in [0.717, 1.165) is 18.4 Å².